The first-order valence-corrected chi connectivity index (χ1v) is 9.84. The molecule has 1 saturated heterocycles. The molecule has 25 heavy (non-hydrogen) atoms. The second-order valence-electron chi connectivity index (χ2n) is 6.15. The van der Waals surface area contributed by atoms with Crippen LogP contribution in [0, 0.1) is 0 Å². The molecule has 1 aliphatic carbocycles. The lowest BCUT2D eigenvalue weighted by Crippen LogP contribution is -2.40. The predicted molar refractivity (Wildman–Crippen MR) is 88.7 cm³/mol. The summed E-state index contributed by atoms with van der Waals surface area (Å²) in [4.78, 5) is 24.2. The van der Waals surface area contributed by atoms with Crippen molar-refractivity contribution >= 4 is 21.8 Å². The molecule has 2 aliphatic rings. The fraction of sp³-hybridized carbons (Fsp3) is 0.529. The topological polar surface area (TPSA) is 90.0 Å². The lowest BCUT2D eigenvalue weighted by molar-refractivity contribution is -0.129. The average Bonchev–Trinajstić information content (AvgIpc) is 2.64. The zero-order valence-electron chi connectivity index (χ0n) is 13.8. The zero-order chi connectivity index (χ0) is 17.9. The van der Waals surface area contributed by atoms with Crippen LogP contribution in [-0.2, 0) is 24.3 Å². The van der Waals surface area contributed by atoms with E-state index in [1.807, 2.05) is 0 Å². The number of esters is 1. The van der Waals surface area contributed by atoms with Gasteiger partial charge in [-0.2, -0.15) is 4.31 Å². The standard InChI is InChI=1S/C17H21NO6S/c19-15-6-1-2-7-16(15)24-17(20)13-4-3-5-14(12-13)25(21,22)18-8-10-23-11-9-18/h3-5,12,16H,1-2,6-11H2/t16-/m0/s1. The number of carbonyl (C=O) groups excluding carboxylic acids is 2. The first-order chi connectivity index (χ1) is 12.0. The van der Waals surface area contributed by atoms with Crippen LogP contribution in [0.1, 0.15) is 36.0 Å². The van der Waals surface area contributed by atoms with E-state index >= 15 is 0 Å². The highest BCUT2D eigenvalue weighted by Gasteiger charge is 2.29. The summed E-state index contributed by atoms with van der Waals surface area (Å²) in [7, 11) is -3.68. The maximum atomic E-state index is 12.7. The molecule has 1 saturated carbocycles. The lowest BCUT2D eigenvalue weighted by atomic mass is 9.96. The van der Waals surface area contributed by atoms with Gasteiger partial charge in [-0.1, -0.05) is 6.07 Å². The third-order valence-corrected chi connectivity index (χ3v) is 6.32. The van der Waals surface area contributed by atoms with E-state index in [4.69, 9.17) is 9.47 Å². The van der Waals surface area contributed by atoms with Gasteiger partial charge >= 0.3 is 5.97 Å². The van der Waals surface area contributed by atoms with Crippen molar-refractivity contribution in [3.8, 4) is 0 Å². The molecule has 3 rings (SSSR count). The van der Waals surface area contributed by atoms with Crippen LogP contribution in [0.4, 0.5) is 0 Å². The minimum atomic E-state index is -3.68. The van der Waals surface area contributed by atoms with Crippen molar-refractivity contribution in [1.29, 1.82) is 0 Å². The van der Waals surface area contributed by atoms with Gasteiger partial charge in [0.05, 0.1) is 23.7 Å². The zero-order valence-corrected chi connectivity index (χ0v) is 14.7. The van der Waals surface area contributed by atoms with E-state index in [-0.39, 0.29) is 29.3 Å². The van der Waals surface area contributed by atoms with Gasteiger partial charge in [0, 0.05) is 19.5 Å². The van der Waals surface area contributed by atoms with Crippen LogP contribution in [-0.4, -0.2) is 56.9 Å². The summed E-state index contributed by atoms with van der Waals surface area (Å²) in [5.74, 6) is -0.740. The molecule has 0 N–H and O–H groups in total. The van der Waals surface area contributed by atoms with E-state index in [2.05, 4.69) is 0 Å². The normalized spacial score (nSPS) is 22.6. The maximum Gasteiger partial charge on any atom is 0.338 e. The third kappa shape index (κ3) is 4.08. The van der Waals surface area contributed by atoms with Gasteiger partial charge in [0.2, 0.25) is 10.0 Å². The number of morpholine rings is 1. The van der Waals surface area contributed by atoms with Crippen molar-refractivity contribution in [2.45, 2.75) is 36.7 Å². The maximum absolute atomic E-state index is 12.7. The molecule has 1 aromatic carbocycles. The Balaban J connectivity index is 1.76. The van der Waals surface area contributed by atoms with Gasteiger partial charge in [-0.3, -0.25) is 4.79 Å². The number of benzene rings is 1. The largest absolute Gasteiger partial charge is 0.451 e. The molecule has 1 aliphatic heterocycles. The summed E-state index contributed by atoms with van der Waals surface area (Å²) in [5.41, 5.74) is 0.132. The Labute approximate surface area is 147 Å². The number of sulfonamides is 1. The van der Waals surface area contributed by atoms with Crippen LogP contribution in [0.5, 0.6) is 0 Å². The molecule has 0 aromatic heterocycles. The number of ketones is 1. The molecule has 7 nitrogen and oxygen atoms in total. The third-order valence-electron chi connectivity index (χ3n) is 4.43. The van der Waals surface area contributed by atoms with Gasteiger partial charge in [-0.25, -0.2) is 13.2 Å². The molecule has 0 amide bonds. The van der Waals surface area contributed by atoms with Gasteiger partial charge in [-0.15, -0.1) is 0 Å². The number of carbonyl (C=O) groups is 2. The first kappa shape index (κ1) is 18.0. The Kier molecular flexibility index (Phi) is 5.51. The molecule has 2 fully saturated rings. The predicted octanol–water partition coefficient (Wildman–Crippen LogP) is 1.38. The van der Waals surface area contributed by atoms with Crippen molar-refractivity contribution < 1.29 is 27.5 Å². The molecule has 136 valence electrons. The van der Waals surface area contributed by atoms with Crippen LogP contribution in [0.15, 0.2) is 29.2 Å². The highest BCUT2D eigenvalue weighted by Crippen LogP contribution is 2.21. The number of rotatable bonds is 4. The highest BCUT2D eigenvalue weighted by atomic mass is 32.2. The highest BCUT2D eigenvalue weighted by molar-refractivity contribution is 7.89. The minimum Gasteiger partial charge on any atom is -0.451 e. The monoisotopic (exact) mass is 367 g/mol. The van der Waals surface area contributed by atoms with Gasteiger partial charge < -0.3 is 9.47 Å². The number of ether oxygens (including phenoxy) is 2. The Morgan fingerprint density at radius 1 is 1.20 bits per heavy atom. The second kappa shape index (κ2) is 7.63. The first-order valence-electron chi connectivity index (χ1n) is 8.40. The summed E-state index contributed by atoms with van der Waals surface area (Å²) in [6.45, 7) is 1.27. The van der Waals surface area contributed by atoms with Gasteiger partial charge in [0.1, 0.15) is 0 Å². The Morgan fingerprint density at radius 2 is 1.96 bits per heavy atom. The minimum absolute atomic E-state index is 0.0406. The number of nitrogens with zero attached hydrogens (tertiary/aromatic N) is 1. The van der Waals surface area contributed by atoms with E-state index in [0.29, 0.717) is 26.1 Å². The van der Waals surface area contributed by atoms with Crippen molar-refractivity contribution in [3.63, 3.8) is 0 Å². The molecule has 0 radical (unpaired) electrons. The van der Waals surface area contributed by atoms with Crippen LogP contribution in [0.3, 0.4) is 0 Å². The van der Waals surface area contributed by atoms with Gasteiger partial charge in [0.15, 0.2) is 11.9 Å². The number of hydrogen-bond acceptors (Lipinski definition) is 6. The van der Waals surface area contributed by atoms with Gasteiger partial charge in [0.25, 0.3) is 0 Å². The Morgan fingerprint density at radius 3 is 2.68 bits per heavy atom. The molecular formula is C17H21NO6S. The molecule has 0 bridgehead atoms. The van der Waals surface area contributed by atoms with Crippen molar-refractivity contribution in [2.24, 2.45) is 0 Å². The number of Topliss-reactive ketones (excluding diaryl/α,β-unsaturated/α-hetero) is 1. The Bertz CT molecular complexity index is 754. The number of hydrogen-bond donors (Lipinski definition) is 0. The summed E-state index contributed by atoms with van der Waals surface area (Å²) >= 11 is 0. The van der Waals surface area contributed by atoms with Crippen LogP contribution < -0.4 is 0 Å². The van der Waals surface area contributed by atoms with E-state index < -0.39 is 22.1 Å². The molecule has 0 spiro atoms. The van der Waals surface area contributed by atoms with Gasteiger partial charge in [-0.05, 0) is 37.5 Å². The summed E-state index contributed by atoms with van der Waals surface area (Å²) < 4.78 is 37.1. The molecule has 1 heterocycles. The van der Waals surface area contributed by atoms with Crippen LogP contribution >= 0.6 is 0 Å². The second-order valence-corrected chi connectivity index (χ2v) is 8.09. The van der Waals surface area contributed by atoms with E-state index in [1.54, 1.807) is 0 Å². The smallest absolute Gasteiger partial charge is 0.338 e. The molecule has 1 atom stereocenters. The van der Waals surface area contributed by atoms with E-state index in [1.165, 1.54) is 28.6 Å². The van der Waals surface area contributed by atoms with E-state index in [0.717, 1.165) is 12.8 Å². The van der Waals surface area contributed by atoms with Crippen LogP contribution in [0.2, 0.25) is 0 Å². The summed E-state index contributed by atoms with van der Waals surface area (Å²) in [6.07, 6.45) is 1.88. The molecule has 0 unspecified atom stereocenters. The molecule has 8 heteroatoms. The molecule has 1 aromatic rings. The van der Waals surface area contributed by atoms with E-state index in [9.17, 15) is 18.0 Å². The Hall–Kier alpha value is -1.77. The summed E-state index contributed by atoms with van der Waals surface area (Å²) in [6, 6.07) is 5.76. The summed E-state index contributed by atoms with van der Waals surface area (Å²) in [5, 5.41) is 0. The van der Waals surface area contributed by atoms with Crippen LogP contribution in [0.25, 0.3) is 0 Å². The fourth-order valence-electron chi connectivity index (χ4n) is 2.99. The van der Waals surface area contributed by atoms with Crippen molar-refractivity contribution in [3.05, 3.63) is 29.8 Å². The fourth-order valence-corrected chi connectivity index (χ4v) is 4.45. The average molecular weight is 367 g/mol. The van der Waals surface area contributed by atoms with Crippen molar-refractivity contribution in [2.75, 3.05) is 26.3 Å². The lowest BCUT2D eigenvalue weighted by Gasteiger charge is -2.26. The van der Waals surface area contributed by atoms with Crippen molar-refractivity contribution in [1.82, 2.24) is 4.31 Å². The quantitative estimate of drug-likeness (QED) is 0.747. The SMILES string of the molecule is O=C(O[C@H]1CCCCC1=O)c1cccc(S(=O)(=O)N2CCOCC2)c1. The molecular weight excluding hydrogens is 346 g/mol.